The van der Waals surface area contributed by atoms with Crippen LogP contribution in [-0.2, 0) is 9.59 Å². The van der Waals surface area contributed by atoms with Crippen LogP contribution in [0.3, 0.4) is 0 Å². The quantitative estimate of drug-likeness (QED) is 0.814. The third kappa shape index (κ3) is 2.99. The van der Waals surface area contributed by atoms with E-state index in [1.165, 1.54) is 0 Å². The van der Waals surface area contributed by atoms with Crippen molar-refractivity contribution in [3.63, 3.8) is 0 Å². The number of piperazine rings is 1. The minimum absolute atomic E-state index is 0.0199. The van der Waals surface area contributed by atoms with Gasteiger partial charge >= 0.3 is 0 Å². The Morgan fingerprint density at radius 3 is 2.20 bits per heavy atom. The summed E-state index contributed by atoms with van der Waals surface area (Å²) >= 11 is 0. The molecule has 4 heteroatoms. The Hall–Kier alpha value is -1.06. The summed E-state index contributed by atoms with van der Waals surface area (Å²) in [5.41, 5.74) is -1.45. The summed E-state index contributed by atoms with van der Waals surface area (Å²) in [4.78, 5) is 27.1. The number of amides is 2. The van der Waals surface area contributed by atoms with Crippen molar-refractivity contribution in [3.05, 3.63) is 0 Å². The van der Waals surface area contributed by atoms with Crippen LogP contribution in [0.5, 0.6) is 0 Å². The molecule has 0 saturated carbocycles. The van der Waals surface area contributed by atoms with Crippen molar-refractivity contribution >= 4 is 11.8 Å². The standard InChI is InChI=1S/C16H30N2O2/c1-7-15(5)14(20)18(11-9-10-12(3)4)16(6,8-2)13(19)17-15/h12H,7-11H2,1-6H3,(H,17,19). The molecule has 1 N–H and O–H groups in total. The fourth-order valence-corrected chi connectivity index (χ4v) is 2.68. The van der Waals surface area contributed by atoms with Crippen LogP contribution >= 0.6 is 0 Å². The molecule has 2 amide bonds. The molecule has 1 aliphatic heterocycles. The minimum Gasteiger partial charge on any atom is -0.340 e. The molecule has 2 atom stereocenters. The molecule has 0 aromatic carbocycles. The van der Waals surface area contributed by atoms with Gasteiger partial charge in [-0.25, -0.2) is 0 Å². The van der Waals surface area contributed by atoms with E-state index < -0.39 is 11.1 Å². The van der Waals surface area contributed by atoms with Crippen LogP contribution in [0, 0.1) is 5.92 Å². The average Bonchev–Trinajstić information content (AvgIpc) is 2.40. The topological polar surface area (TPSA) is 49.4 Å². The van der Waals surface area contributed by atoms with E-state index in [1.54, 1.807) is 0 Å². The highest BCUT2D eigenvalue weighted by Gasteiger charge is 2.52. The van der Waals surface area contributed by atoms with Gasteiger partial charge < -0.3 is 10.2 Å². The zero-order valence-corrected chi connectivity index (χ0v) is 13.9. The first-order valence-electron chi connectivity index (χ1n) is 7.86. The van der Waals surface area contributed by atoms with Crippen LogP contribution in [0.4, 0.5) is 0 Å². The van der Waals surface area contributed by atoms with Gasteiger partial charge in [0.2, 0.25) is 11.8 Å². The average molecular weight is 282 g/mol. The van der Waals surface area contributed by atoms with Crippen LogP contribution in [0.1, 0.15) is 67.2 Å². The lowest BCUT2D eigenvalue weighted by atomic mass is 9.84. The molecule has 1 saturated heterocycles. The van der Waals surface area contributed by atoms with Crippen molar-refractivity contribution in [1.29, 1.82) is 0 Å². The summed E-state index contributed by atoms with van der Waals surface area (Å²) in [6.07, 6.45) is 3.30. The lowest BCUT2D eigenvalue weighted by Gasteiger charge is -2.50. The Morgan fingerprint density at radius 1 is 1.15 bits per heavy atom. The first kappa shape index (κ1) is 17.0. The molecule has 1 aliphatic rings. The molecule has 0 radical (unpaired) electrons. The van der Waals surface area contributed by atoms with Gasteiger partial charge in [-0.2, -0.15) is 0 Å². The van der Waals surface area contributed by atoms with Gasteiger partial charge in [0, 0.05) is 6.54 Å². The highest BCUT2D eigenvalue weighted by atomic mass is 16.2. The maximum absolute atomic E-state index is 12.8. The van der Waals surface area contributed by atoms with Gasteiger partial charge in [-0.1, -0.05) is 27.7 Å². The van der Waals surface area contributed by atoms with E-state index in [0.29, 0.717) is 25.3 Å². The Kier molecular flexibility index (Phi) is 5.22. The van der Waals surface area contributed by atoms with Crippen molar-refractivity contribution in [3.8, 4) is 0 Å². The molecular formula is C16H30N2O2. The Bertz CT molecular complexity index is 381. The van der Waals surface area contributed by atoms with Gasteiger partial charge in [0.1, 0.15) is 11.1 Å². The largest absolute Gasteiger partial charge is 0.340 e. The van der Waals surface area contributed by atoms with Gasteiger partial charge in [0.05, 0.1) is 0 Å². The summed E-state index contributed by atoms with van der Waals surface area (Å²) in [7, 11) is 0. The van der Waals surface area contributed by atoms with E-state index >= 15 is 0 Å². The number of nitrogens with one attached hydrogen (secondary N) is 1. The normalized spacial score (nSPS) is 30.9. The predicted octanol–water partition coefficient (Wildman–Crippen LogP) is 2.72. The Balaban J connectivity index is 2.97. The van der Waals surface area contributed by atoms with Gasteiger partial charge in [-0.3, -0.25) is 9.59 Å². The second-order valence-electron chi connectivity index (χ2n) is 6.76. The van der Waals surface area contributed by atoms with E-state index in [9.17, 15) is 9.59 Å². The molecule has 0 aliphatic carbocycles. The molecule has 1 rings (SSSR count). The van der Waals surface area contributed by atoms with Crippen molar-refractivity contribution in [2.45, 2.75) is 78.3 Å². The smallest absolute Gasteiger partial charge is 0.248 e. The summed E-state index contributed by atoms with van der Waals surface area (Å²) in [6, 6.07) is 0. The Morgan fingerprint density at radius 2 is 1.75 bits per heavy atom. The van der Waals surface area contributed by atoms with Gasteiger partial charge in [-0.15, -0.1) is 0 Å². The third-order valence-electron chi connectivity index (χ3n) is 4.75. The zero-order chi connectivity index (χ0) is 15.6. The van der Waals surface area contributed by atoms with Crippen LogP contribution in [0.2, 0.25) is 0 Å². The molecule has 4 nitrogen and oxygen atoms in total. The molecule has 116 valence electrons. The number of hydrogen-bond acceptors (Lipinski definition) is 2. The summed E-state index contributed by atoms with van der Waals surface area (Å²) < 4.78 is 0. The molecule has 0 aromatic rings. The fourth-order valence-electron chi connectivity index (χ4n) is 2.68. The summed E-state index contributed by atoms with van der Waals surface area (Å²) in [5.74, 6) is 0.662. The van der Waals surface area contributed by atoms with E-state index in [1.807, 2.05) is 32.6 Å². The van der Waals surface area contributed by atoms with Gasteiger partial charge in [-0.05, 0) is 45.4 Å². The van der Waals surface area contributed by atoms with Crippen molar-refractivity contribution < 1.29 is 9.59 Å². The van der Waals surface area contributed by atoms with E-state index in [4.69, 9.17) is 0 Å². The zero-order valence-electron chi connectivity index (χ0n) is 13.9. The molecule has 0 spiro atoms. The lowest BCUT2D eigenvalue weighted by Crippen LogP contribution is -2.73. The maximum atomic E-state index is 12.8. The Labute approximate surface area is 123 Å². The highest BCUT2D eigenvalue weighted by Crippen LogP contribution is 2.31. The van der Waals surface area contributed by atoms with E-state index in [-0.39, 0.29) is 11.8 Å². The second-order valence-corrected chi connectivity index (χ2v) is 6.76. The first-order valence-corrected chi connectivity index (χ1v) is 7.86. The maximum Gasteiger partial charge on any atom is 0.248 e. The van der Waals surface area contributed by atoms with E-state index in [0.717, 1.165) is 12.8 Å². The number of carbonyl (C=O) groups excluding carboxylic acids is 2. The van der Waals surface area contributed by atoms with Gasteiger partial charge in [0.25, 0.3) is 0 Å². The SMILES string of the molecule is CCC1(C)NC(=O)C(C)(CC)N(CCCC(C)C)C1=O. The molecule has 1 heterocycles. The van der Waals surface area contributed by atoms with Crippen molar-refractivity contribution in [1.82, 2.24) is 10.2 Å². The summed E-state index contributed by atoms with van der Waals surface area (Å²) in [6.45, 7) is 12.7. The van der Waals surface area contributed by atoms with Crippen LogP contribution in [-0.4, -0.2) is 34.3 Å². The minimum atomic E-state index is -0.746. The third-order valence-corrected chi connectivity index (χ3v) is 4.75. The molecule has 20 heavy (non-hydrogen) atoms. The van der Waals surface area contributed by atoms with Gasteiger partial charge in [0.15, 0.2) is 0 Å². The van der Waals surface area contributed by atoms with Crippen LogP contribution in [0.25, 0.3) is 0 Å². The van der Waals surface area contributed by atoms with E-state index in [2.05, 4.69) is 19.2 Å². The van der Waals surface area contributed by atoms with Crippen LogP contribution in [0.15, 0.2) is 0 Å². The molecule has 2 unspecified atom stereocenters. The number of hydrogen-bond donors (Lipinski definition) is 1. The highest BCUT2D eigenvalue weighted by molar-refractivity contribution is 6.01. The fraction of sp³-hybridized carbons (Fsp3) is 0.875. The first-order chi connectivity index (χ1) is 9.21. The number of nitrogens with zero attached hydrogens (tertiary/aromatic N) is 1. The van der Waals surface area contributed by atoms with Crippen LogP contribution < -0.4 is 5.32 Å². The summed E-state index contributed by atoms with van der Waals surface area (Å²) in [5, 5.41) is 2.93. The molecule has 1 fully saturated rings. The number of carbonyl (C=O) groups is 2. The molecular weight excluding hydrogens is 252 g/mol. The van der Waals surface area contributed by atoms with Crippen molar-refractivity contribution in [2.75, 3.05) is 6.54 Å². The number of rotatable bonds is 6. The molecule has 0 aromatic heterocycles. The van der Waals surface area contributed by atoms with Crippen molar-refractivity contribution in [2.24, 2.45) is 5.92 Å². The lowest BCUT2D eigenvalue weighted by molar-refractivity contribution is -0.162. The monoisotopic (exact) mass is 282 g/mol. The second kappa shape index (κ2) is 6.15. The molecule has 0 bridgehead atoms. The predicted molar refractivity (Wildman–Crippen MR) is 81.3 cm³/mol.